The highest BCUT2D eigenvalue weighted by molar-refractivity contribution is 6.36. The molecule has 0 unspecified atom stereocenters. The van der Waals surface area contributed by atoms with E-state index in [4.69, 9.17) is 28.3 Å². The van der Waals surface area contributed by atoms with Crippen LogP contribution in [0.3, 0.4) is 0 Å². The lowest BCUT2D eigenvalue weighted by Crippen LogP contribution is -2.11. The molecule has 0 aliphatic rings. The third-order valence-corrected chi connectivity index (χ3v) is 4.10. The molecule has 2 aromatic heterocycles. The van der Waals surface area contributed by atoms with Gasteiger partial charge in [-0.15, -0.1) is 0 Å². The Morgan fingerprint density at radius 2 is 2.04 bits per heavy atom. The smallest absolute Gasteiger partial charge is 0.226 e. The molecule has 132 valence electrons. The maximum absolute atomic E-state index is 9.03. The van der Waals surface area contributed by atoms with Crippen LogP contribution in [0.5, 0.6) is 0 Å². The molecule has 3 aromatic rings. The number of imidazole rings is 1. The summed E-state index contributed by atoms with van der Waals surface area (Å²) in [5.74, 6) is 0.922. The molecule has 25 heavy (non-hydrogen) atoms. The average Bonchev–Trinajstić information content (AvgIpc) is 2.99. The standard InChI is InChI=1S/C16H18Cl2N6O/c1-9(2)24-8-20-13-14(21-12-4-3-10(17)7-11(12)18)22-16(19-5-6-25)23-15(13)24/h3-4,7-9,25H,5-6H2,1-2H3,(H2,19,21,22,23). The van der Waals surface area contributed by atoms with E-state index in [9.17, 15) is 0 Å². The van der Waals surface area contributed by atoms with Crippen LogP contribution in [0.25, 0.3) is 11.2 Å². The maximum atomic E-state index is 9.03. The predicted octanol–water partition coefficient (Wildman–Crippen LogP) is 3.86. The number of benzene rings is 1. The summed E-state index contributed by atoms with van der Waals surface area (Å²) in [6.07, 6.45) is 1.73. The Morgan fingerprint density at radius 3 is 2.72 bits per heavy atom. The van der Waals surface area contributed by atoms with Gasteiger partial charge in [0.05, 0.1) is 23.6 Å². The molecular formula is C16H18Cl2N6O. The molecule has 1 aromatic carbocycles. The van der Waals surface area contributed by atoms with Crippen molar-refractivity contribution in [3.63, 3.8) is 0 Å². The van der Waals surface area contributed by atoms with Crippen LogP contribution in [0.2, 0.25) is 10.0 Å². The second-order valence-electron chi connectivity index (χ2n) is 5.71. The number of rotatable bonds is 6. The van der Waals surface area contributed by atoms with E-state index in [1.54, 1.807) is 24.5 Å². The highest BCUT2D eigenvalue weighted by Crippen LogP contribution is 2.31. The Kier molecular flexibility index (Phi) is 5.27. The second-order valence-corrected chi connectivity index (χ2v) is 6.56. The van der Waals surface area contributed by atoms with E-state index in [0.29, 0.717) is 45.2 Å². The summed E-state index contributed by atoms with van der Waals surface area (Å²) in [6.45, 7) is 4.43. The summed E-state index contributed by atoms with van der Waals surface area (Å²) in [6, 6.07) is 5.36. The van der Waals surface area contributed by atoms with Gasteiger partial charge in [-0.05, 0) is 32.0 Å². The van der Waals surface area contributed by atoms with Crippen LogP contribution in [-0.4, -0.2) is 37.8 Å². The molecule has 0 aliphatic carbocycles. The first-order valence-electron chi connectivity index (χ1n) is 7.81. The van der Waals surface area contributed by atoms with Crippen LogP contribution in [0.4, 0.5) is 17.5 Å². The Labute approximate surface area is 155 Å². The van der Waals surface area contributed by atoms with Gasteiger partial charge in [-0.25, -0.2) is 4.98 Å². The number of hydrogen-bond acceptors (Lipinski definition) is 6. The van der Waals surface area contributed by atoms with Crippen molar-refractivity contribution in [1.29, 1.82) is 0 Å². The van der Waals surface area contributed by atoms with Gasteiger partial charge >= 0.3 is 0 Å². The molecule has 7 nitrogen and oxygen atoms in total. The number of fused-ring (bicyclic) bond motifs is 1. The van der Waals surface area contributed by atoms with Crippen molar-refractivity contribution in [2.24, 2.45) is 0 Å². The molecule has 0 spiro atoms. The van der Waals surface area contributed by atoms with Crippen LogP contribution >= 0.6 is 23.2 Å². The van der Waals surface area contributed by atoms with E-state index in [2.05, 4.69) is 25.6 Å². The second kappa shape index (κ2) is 7.43. The van der Waals surface area contributed by atoms with Crippen LogP contribution in [0.15, 0.2) is 24.5 Å². The highest BCUT2D eigenvalue weighted by atomic mass is 35.5. The zero-order valence-corrected chi connectivity index (χ0v) is 15.3. The number of aliphatic hydroxyl groups is 1. The first kappa shape index (κ1) is 17.7. The number of nitrogens with one attached hydrogen (secondary N) is 2. The minimum atomic E-state index is -0.0172. The molecule has 9 heteroatoms. The molecule has 0 aliphatic heterocycles. The number of nitrogens with zero attached hydrogens (tertiary/aromatic N) is 4. The molecule has 0 radical (unpaired) electrons. The van der Waals surface area contributed by atoms with Crippen molar-refractivity contribution in [3.05, 3.63) is 34.6 Å². The van der Waals surface area contributed by atoms with Crippen molar-refractivity contribution in [2.45, 2.75) is 19.9 Å². The molecule has 3 N–H and O–H groups in total. The Bertz CT molecular complexity index is 896. The van der Waals surface area contributed by atoms with Crippen molar-refractivity contribution in [1.82, 2.24) is 19.5 Å². The molecule has 0 fully saturated rings. The van der Waals surface area contributed by atoms with Gasteiger partial charge in [0.2, 0.25) is 5.95 Å². The predicted molar refractivity (Wildman–Crippen MR) is 101 cm³/mol. The third kappa shape index (κ3) is 3.78. The van der Waals surface area contributed by atoms with Gasteiger partial charge in [0.25, 0.3) is 0 Å². The largest absolute Gasteiger partial charge is 0.395 e. The summed E-state index contributed by atoms with van der Waals surface area (Å²) in [7, 11) is 0. The molecule has 2 heterocycles. The Hall–Kier alpha value is -2.09. The fraction of sp³-hybridized carbons (Fsp3) is 0.312. The van der Waals surface area contributed by atoms with Crippen LogP contribution in [0.1, 0.15) is 19.9 Å². The lowest BCUT2D eigenvalue weighted by molar-refractivity contribution is 0.311. The topological polar surface area (TPSA) is 87.9 Å². The third-order valence-electron chi connectivity index (χ3n) is 3.56. The van der Waals surface area contributed by atoms with Crippen molar-refractivity contribution >= 4 is 51.8 Å². The maximum Gasteiger partial charge on any atom is 0.226 e. The monoisotopic (exact) mass is 380 g/mol. The summed E-state index contributed by atoms with van der Waals surface area (Å²) < 4.78 is 1.95. The SMILES string of the molecule is CC(C)n1cnc2c(Nc3ccc(Cl)cc3Cl)nc(NCCO)nc21. The number of halogens is 2. The van der Waals surface area contributed by atoms with Crippen molar-refractivity contribution in [3.8, 4) is 0 Å². The van der Waals surface area contributed by atoms with E-state index in [0.717, 1.165) is 0 Å². The van der Waals surface area contributed by atoms with E-state index in [1.165, 1.54) is 0 Å². The van der Waals surface area contributed by atoms with Gasteiger partial charge in [0.1, 0.15) is 0 Å². The molecular weight excluding hydrogens is 363 g/mol. The lowest BCUT2D eigenvalue weighted by Gasteiger charge is -2.12. The van der Waals surface area contributed by atoms with E-state index in [-0.39, 0.29) is 12.6 Å². The number of aliphatic hydroxyl groups excluding tert-OH is 1. The van der Waals surface area contributed by atoms with Gasteiger partial charge in [-0.1, -0.05) is 23.2 Å². The first-order valence-corrected chi connectivity index (χ1v) is 8.56. The fourth-order valence-corrected chi connectivity index (χ4v) is 2.80. The first-order chi connectivity index (χ1) is 12.0. The summed E-state index contributed by atoms with van der Waals surface area (Å²) in [5.41, 5.74) is 1.99. The molecule has 3 rings (SSSR count). The van der Waals surface area contributed by atoms with Crippen molar-refractivity contribution in [2.75, 3.05) is 23.8 Å². The molecule has 0 amide bonds. The van der Waals surface area contributed by atoms with Gasteiger partial charge in [0, 0.05) is 17.6 Å². The number of aromatic nitrogens is 4. The quantitative estimate of drug-likeness (QED) is 0.601. The van der Waals surface area contributed by atoms with Gasteiger partial charge in [-0.2, -0.15) is 9.97 Å². The van der Waals surface area contributed by atoms with E-state index in [1.807, 2.05) is 18.4 Å². The highest BCUT2D eigenvalue weighted by Gasteiger charge is 2.16. The van der Waals surface area contributed by atoms with Crippen LogP contribution in [0, 0.1) is 0 Å². The van der Waals surface area contributed by atoms with E-state index >= 15 is 0 Å². The Morgan fingerprint density at radius 1 is 1.24 bits per heavy atom. The van der Waals surface area contributed by atoms with Gasteiger partial charge in [0.15, 0.2) is 17.0 Å². The summed E-state index contributed by atoms with van der Waals surface area (Å²) in [4.78, 5) is 13.4. The average molecular weight is 381 g/mol. The Balaban J connectivity index is 2.08. The van der Waals surface area contributed by atoms with Crippen molar-refractivity contribution < 1.29 is 5.11 Å². The summed E-state index contributed by atoms with van der Waals surface area (Å²) in [5, 5.41) is 16.2. The lowest BCUT2D eigenvalue weighted by atomic mass is 10.3. The molecule has 0 saturated carbocycles. The van der Waals surface area contributed by atoms with Gasteiger partial charge in [-0.3, -0.25) is 0 Å². The normalized spacial score (nSPS) is 11.3. The number of hydrogen-bond donors (Lipinski definition) is 3. The van der Waals surface area contributed by atoms with Gasteiger partial charge < -0.3 is 20.3 Å². The minimum Gasteiger partial charge on any atom is -0.395 e. The zero-order chi connectivity index (χ0) is 18.0. The van der Waals surface area contributed by atoms with Crippen LogP contribution < -0.4 is 10.6 Å². The zero-order valence-electron chi connectivity index (χ0n) is 13.8. The molecule has 0 bridgehead atoms. The van der Waals surface area contributed by atoms with E-state index < -0.39 is 0 Å². The fourth-order valence-electron chi connectivity index (χ4n) is 2.35. The van der Waals surface area contributed by atoms with Crippen LogP contribution in [-0.2, 0) is 0 Å². The summed E-state index contributed by atoms with van der Waals surface area (Å²) >= 11 is 12.2. The minimum absolute atomic E-state index is 0.0172. The number of anilines is 3. The molecule has 0 saturated heterocycles. The molecule has 0 atom stereocenters.